The number of hydrogen-bond acceptors (Lipinski definition) is 7. The van der Waals surface area contributed by atoms with E-state index in [2.05, 4.69) is 46.9 Å². The summed E-state index contributed by atoms with van der Waals surface area (Å²) in [6, 6.07) is 30.6. The first-order valence-electron chi connectivity index (χ1n) is 8.22. The lowest BCUT2D eigenvalue weighted by Crippen LogP contribution is -2.96. The molecule has 1 heterocycles. The van der Waals surface area contributed by atoms with Crippen molar-refractivity contribution in [1.29, 1.82) is 0 Å². The van der Waals surface area contributed by atoms with E-state index in [1.165, 1.54) is 0 Å². The molecule has 0 amide bonds. The molecule has 144 valence electrons. The van der Waals surface area contributed by atoms with E-state index in [-0.39, 0.29) is 0 Å². The summed E-state index contributed by atoms with van der Waals surface area (Å²) in [5, 5.41) is 8.80. The number of quaternary nitrogens is 1. The Kier molecular flexibility index (Phi) is 6.22. The van der Waals surface area contributed by atoms with Crippen molar-refractivity contribution in [3.8, 4) is 0 Å². The number of anilines is 2. The lowest BCUT2D eigenvalue weighted by Gasteiger charge is -2.23. The van der Waals surface area contributed by atoms with Gasteiger partial charge in [0, 0.05) is 0 Å². The van der Waals surface area contributed by atoms with Crippen LogP contribution < -0.4 is 34.3 Å². The molecular formula is C19H17ClN4O4. The Morgan fingerprint density at radius 3 is 1.57 bits per heavy atom. The topological polar surface area (TPSA) is 128 Å². The van der Waals surface area contributed by atoms with Crippen LogP contribution in [0.5, 0.6) is 0 Å². The highest BCUT2D eigenvalue weighted by Gasteiger charge is 2.30. The predicted molar refractivity (Wildman–Crippen MR) is 92.7 cm³/mol. The average Bonchev–Trinajstić information content (AvgIpc) is 3.14. The summed E-state index contributed by atoms with van der Waals surface area (Å²) in [5.74, 6) is 0.943. The number of halogens is 1. The number of para-hydroxylation sites is 2. The number of nitrogens with two attached hydrogens (primary N) is 1. The summed E-state index contributed by atoms with van der Waals surface area (Å²) in [7, 11) is -4.94. The SMILES string of the molecule is [O-][Cl+3]([O-])([O-])[O-].c1ccc(C2=NN(c3ccccc3)N(c3ccccc3)[NH2+]2)cc1. The number of nitrogens with zero attached hydrogens (tertiary/aromatic N) is 3. The van der Waals surface area contributed by atoms with E-state index in [4.69, 9.17) is 23.7 Å². The minimum absolute atomic E-state index is 0.943. The third kappa shape index (κ3) is 5.51. The molecule has 0 saturated carbocycles. The lowest BCUT2D eigenvalue weighted by molar-refractivity contribution is -2.00. The molecule has 1 aliphatic heterocycles. The smallest absolute Gasteiger partial charge is 0.222 e. The van der Waals surface area contributed by atoms with E-state index in [1.54, 1.807) is 0 Å². The van der Waals surface area contributed by atoms with E-state index in [9.17, 15) is 0 Å². The normalized spacial score (nSPS) is 13.6. The van der Waals surface area contributed by atoms with E-state index in [0.717, 1.165) is 22.8 Å². The molecule has 3 aromatic carbocycles. The molecule has 0 fully saturated rings. The van der Waals surface area contributed by atoms with Crippen molar-refractivity contribution in [2.24, 2.45) is 5.10 Å². The molecular weight excluding hydrogens is 384 g/mol. The van der Waals surface area contributed by atoms with Gasteiger partial charge in [0.15, 0.2) is 0 Å². The van der Waals surface area contributed by atoms with Crippen LogP contribution in [-0.2, 0) is 0 Å². The number of benzene rings is 3. The lowest BCUT2D eigenvalue weighted by atomic mass is 10.2. The van der Waals surface area contributed by atoms with E-state index in [1.807, 2.05) is 59.7 Å². The summed E-state index contributed by atoms with van der Waals surface area (Å²) in [6.45, 7) is 0. The molecule has 28 heavy (non-hydrogen) atoms. The molecule has 0 atom stereocenters. The third-order valence-corrected chi connectivity index (χ3v) is 3.73. The molecule has 8 nitrogen and oxygen atoms in total. The molecule has 9 heteroatoms. The molecule has 0 saturated heterocycles. The average molecular weight is 401 g/mol. The first-order valence-corrected chi connectivity index (χ1v) is 9.45. The number of rotatable bonds is 3. The van der Waals surface area contributed by atoms with Gasteiger partial charge in [0.1, 0.15) is 5.69 Å². The highest BCUT2D eigenvalue weighted by atomic mass is 35.7. The summed E-state index contributed by atoms with van der Waals surface area (Å²) in [6.07, 6.45) is 0. The molecule has 3 aromatic rings. The van der Waals surface area contributed by atoms with Crippen LogP contribution in [0.4, 0.5) is 11.4 Å². The maximum absolute atomic E-state index is 8.49. The fraction of sp³-hybridized carbons (Fsp3) is 0. The molecule has 1 aliphatic rings. The number of hydrazine groups is 1. The van der Waals surface area contributed by atoms with Crippen LogP contribution in [0.25, 0.3) is 0 Å². The van der Waals surface area contributed by atoms with Crippen molar-refractivity contribution in [2.45, 2.75) is 0 Å². The van der Waals surface area contributed by atoms with Crippen molar-refractivity contribution in [1.82, 2.24) is 0 Å². The Morgan fingerprint density at radius 1 is 0.643 bits per heavy atom. The highest BCUT2D eigenvalue weighted by molar-refractivity contribution is 5.93. The summed E-state index contributed by atoms with van der Waals surface area (Å²) in [4.78, 5) is 0. The van der Waals surface area contributed by atoms with Crippen LogP contribution in [-0.4, -0.2) is 5.84 Å². The van der Waals surface area contributed by atoms with Gasteiger partial charge in [0.05, 0.1) is 11.3 Å². The highest BCUT2D eigenvalue weighted by Crippen LogP contribution is 2.22. The minimum Gasteiger partial charge on any atom is -0.222 e. The zero-order valence-electron chi connectivity index (χ0n) is 14.6. The van der Waals surface area contributed by atoms with Gasteiger partial charge in [-0.1, -0.05) is 59.7 Å². The van der Waals surface area contributed by atoms with Crippen molar-refractivity contribution < 1.29 is 34.3 Å². The second-order valence-electron chi connectivity index (χ2n) is 5.66. The maximum Gasteiger partial charge on any atom is 0.277 e. The van der Waals surface area contributed by atoms with Gasteiger partial charge >= 0.3 is 0 Å². The molecule has 0 unspecified atom stereocenters. The van der Waals surface area contributed by atoms with Gasteiger partial charge in [-0.2, -0.15) is 5.43 Å². The molecule has 0 spiro atoms. The first kappa shape index (κ1) is 19.8. The Bertz CT molecular complexity index is 899. The Morgan fingerprint density at radius 2 is 1.07 bits per heavy atom. The molecule has 4 rings (SSSR count). The number of hydrogen-bond donors (Lipinski definition) is 1. The van der Waals surface area contributed by atoms with Crippen molar-refractivity contribution >= 4 is 17.2 Å². The van der Waals surface area contributed by atoms with E-state index < -0.39 is 10.2 Å². The van der Waals surface area contributed by atoms with Gasteiger partial charge in [0.2, 0.25) is 0 Å². The molecule has 0 radical (unpaired) electrons. The second-order valence-corrected chi connectivity index (χ2v) is 6.42. The summed E-state index contributed by atoms with van der Waals surface area (Å²) in [5.41, 5.74) is 5.27. The maximum atomic E-state index is 8.49. The van der Waals surface area contributed by atoms with Crippen LogP contribution in [0, 0.1) is 10.2 Å². The predicted octanol–water partition coefficient (Wildman–Crippen LogP) is -1.99. The molecule has 2 N–H and O–H groups in total. The third-order valence-electron chi connectivity index (χ3n) is 3.73. The summed E-state index contributed by atoms with van der Waals surface area (Å²) < 4.78 is 34.0. The van der Waals surface area contributed by atoms with Crippen LogP contribution in [0.3, 0.4) is 0 Å². The van der Waals surface area contributed by atoms with E-state index >= 15 is 0 Å². The van der Waals surface area contributed by atoms with Gasteiger partial charge < -0.3 is 0 Å². The standard InChI is InChI=1S/C19H16N4.ClHO4/c1-4-10-16(11-5-1)19-20-22(17-12-6-2-7-13-17)23(21-19)18-14-8-3-9-15-18;2-1(3,4)5/h1-15H,(H,20,21);(H,2,3,4,5). The Labute approximate surface area is 163 Å². The number of hydrazone groups is 1. The van der Waals surface area contributed by atoms with Gasteiger partial charge in [-0.3, -0.25) is 0 Å². The molecule has 0 aliphatic carbocycles. The van der Waals surface area contributed by atoms with Gasteiger partial charge in [-0.15, -0.1) is 20.5 Å². The number of amidine groups is 1. The molecule has 0 bridgehead atoms. The van der Waals surface area contributed by atoms with Crippen LogP contribution in [0.1, 0.15) is 5.56 Å². The quantitative estimate of drug-likeness (QED) is 0.507. The van der Waals surface area contributed by atoms with Crippen LogP contribution in [0.2, 0.25) is 0 Å². The van der Waals surface area contributed by atoms with Crippen LogP contribution >= 0.6 is 0 Å². The first-order chi connectivity index (χ1) is 13.4. The Balaban J connectivity index is 0.000000403. The fourth-order valence-electron chi connectivity index (χ4n) is 2.60. The molecule has 0 aromatic heterocycles. The minimum atomic E-state index is -4.94. The monoisotopic (exact) mass is 400 g/mol. The van der Waals surface area contributed by atoms with Crippen LogP contribution in [0.15, 0.2) is 96.1 Å². The van der Waals surface area contributed by atoms with E-state index in [0.29, 0.717) is 0 Å². The van der Waals surface area contributed by atoms with Gasteiger partial charge in [-0.25, -0.2) is 18.6 Å². The van der Waals surface area contributed by atoms with Crippen molar-refractivity contribution in [3.05, 3.63) is 96.6 Å². The fourth-order valence-corrected chi connectivity index (χ4v) is 2.60. The Hall–Kier alpha value is -2.98. The van der Waals surface area contributed by atoms with Crippen molar-refractivity contribution in [2.75, 3.05) is 10.2 Å². The summed E-state index contributed by atoms with van der Waals surface area (Å²) >= 11 is 0. The zero-order chi connectivity index (χ0) is 20.0. The second kappa shape index (κ2) is 8.81. The van der Waals surface area contributed by atoms with Crippen molar-refractivity contribution in [3.63, 3.8) is 0 Å². The van der Waals surface area contributed by atoms with Gasteiger partial charge in [-0.05, 0) is 36.4 Å². The zero-order valence-corrected chi connectivity index (χ0v) is 15.3. The largest absolute Gasteiger partial charge is 0.277 e. The van der Waals surface area contributed by atoms with Gasteiger partial charge in [0.25, 0.3) is 5.84 Å².